The predicted molar refractivity (Wildman–Crippen MR) is 119 cm³/mol. The second-order valence-electron chi connectivity index (χ2n) is 6.87. The van der Waals surface area contributed by atoms with Gasteiger partial charge in [-0.25, -0.2) is 13.4 Å². The Hall–Kier alpha value is -2.10. The minimum atomic E-state index is -3.23. The fourth-order valence-corrected chi connectivity index (χ4v) is 5.76. The standard InChI is InChI=1S/C20H21N3O3S3/c1-29(25,26)16-7-8-17-18(13-16)28-20(21-17)23-11-9-22(10-12-23)19(24)14-27-15-5-3-2-4-6-15/h2-8,13H,9-12,14H2,1H3. The van der Waals surface area contributed by atoms with Crippen molar-refractivity contribution < 1.29 is 13.2 Å². The van der Waals surface area contributed by atoms with Gasteiger partial charge in [-0.15, -0.1) is 11.8 Å². The summed E-state index contributed by atoms with van der Waals surface area (Å²) in [5.74, 6) is 0.597. The number of thiazole rings is 1. The topological polar surface area (TPSA) is 70.6 Å². The van der Waals surface area contributed by atoms with E-state index in [4.69, 9.17) is 0 Å². The summed E-state index contributed by atoms with van der Waals surface area (Å²) in [5, 5.41) is 0.872. The summed E-state index contributed by atoms with van der Waals surface area (Å²) in [4.78, 5) is 22.6. The molecule has 0 unspecified atom stereocenters. The minimum absolute atomic E-state index is 0.153. The van der Waals surface area contributed by atoms with E-state index in [-0.39, 0.29) is 5.91 Å². The van der Waals surface area contributed by atoms with Gasteiger partial charge in [0.2, 0.25) is 5.91 Å². The number of sulfone groups is 1. The van der Waals surface area contributed by atoms with Crippen molar-refractivity contribution in [2.75, 3.05) is 43.1 Å². The highest BCUT2D eigenvalue weighted by atomic mass is 32.2. The van der Waals surface area contributed by atoms with Crippen LogP contribution >= 0.6 is 23.1 Å². The van der Waals surface area contributed by atoms with Crippen molar-refractivity contribution in [2.24, 2.45) is 0 Å². The van der Waals surface area contributed by atoms with E-state index >= 15 is 0 Å². The van der Waals surface area contributed by atoms with Crippen molar-refractivity contribution in [1.29, 1.82) is 0 Å². The summed E-state index contributed by atoms with van der Waals surface area (Å²) < 4.78 is 24.4. The maximum Gasteiger partial charge on any atom is 0.233 e. The maximum atomic E-state index is 12.5. The molecule has 0 bridgehead atoms. The SMILES string of the molecule is CS(=O)(=O)c1ccc2nc(N3CCN(C(=O)CSc4ccccc4)CC3)sc2c1. The van der Waals surface area contributed by atoms with E-state index in [9.17, 15) is 13.2 Å². The van der Waals surface area contributed by atoms with Crippen molar-refractivity contribution in [3.05, 3.63) is 48.5 Å². The molecule has 3 aromatic rings. The van der Waals surface area contributed by atoms with Gasteiger partial charge in [-0.1, -0.05) is 29.5 Å². The number of hydrogen-bond acceptors (Lipinski definition) is 7. The number of hydrogen-bond donors (Lipinski definition) is 0. The Morgan fingerprint density at radius 1 is 1.10 bits per heavy atom. The van der Waals surface area contributed by atoms with E-state index in [1.807, 2.05) is 35.2 Å². The molecule has 1 fully saturated rings. The van der Waals surface area contributed by atoms with Crippen LogP contribution in [0.4, 0.5) is 5.13 Å². The predicted octanol–water partition coefficient (Wildman–Crippen LogP) is 3.14. The van der Waals surface area contributed by atoms with Gasteiger partial charge >= 0.3 is 0 Å². The summed E-state index contributed by atoms with van der Waals surface area (Å²) in [6.07, 6.45) is 1.21. The normalized spacial score (nSPS) is 15.1. The van der Waals surface area contributed by atoms with Gasteiger partial charge < -0.3 is 9.80 Å². The van der Waals surface area contributed by atoms with Gasteiger partial charge in [-0.2, -0.15) is 0 Å². The van der Waals surface area contributed by atoms with Crippen LogP contribution in [0, 0.1) is 0 Å². The van der Waals surface area contributed by atoms with Gasteiger partial charge in [0.1, 0.15) is 0 Å². The largest absolute Gasteiger partial charge is 0.345 e. The van der Waals surface area contributed by atoms with Crippen molar-refractivity contribution >= 4 is 54.2 Å². The van der Waals surface area contributed by atoms with Crippen LogP contribution in [0.1, 0.15) is 0 Å². The fourth-order valence-electron chi connectivity index (χ4n) is 3.16. The van der Waals surface area contributed by atoms with E-state index in [0.29, 0.717) is 23.7 Å². The summed E-state index contributed by atoms with van der Waals surface area (Å²) >= 11 is 3.06. The molecule has 1 aromatic heterocycles. The first-order valence-corrected chi connectivity index (χ1v) is 12.9. The number of benzene rings is 2. The van der Waals surface area contributed by atoms with Crippen molar-refractivity contribution in [1.82, 2.24) is 9.88 Å². The number of rotatable bonds is 5. The summed E-state index contributed by atoms with van der Waals surface area (Å²) in [5.41, 5.74) is 0.801. The van der Waals surface area contributed by atoms with Gasteiger partial charge in [0.15, 0.2) is 15.0 Å². The molecular formula is C20H21N3O3S3. The van der Waals surface area contributed by atoms with Crippen LogP contribution in [0.25, 0.3) is 10.2 Å². The monoisotopic (exact) mass is 447 g/mol. The second-order valence-corrected chi connectivity index (χ2v) is 10.9. The summed E-state index contributed by atoms with van der Waals surface area (Å²) in [6.45, 7) is 2.78. The quantitative estimate of drug-likeness (QED) is 0.560. The smallest absolute Gasteiger partial charge is 0.233 e. The highest BCUT2D eigenvalue weighted by Gasteiger charge is 2.23. The maximum absolute atomic E-state index is 12.5. The number of thioether (sulfide) groups is 1. The average molecular weight is 448 g/mol. The number of amides is 1. The molecule has 9 heteroatoms. The molecule has 2 aromatic carbocycles. The molecule has 1 amide bonds. The molecule has 4 rings (SSSR count). The zero-order valence-corrected chi connectivity index (χ0v) is 18.4. The second kappa shape index (κ2) is 8.33. The number of fused-ring (bicyclic) bond motifs is 1. The number of carbonyl (C=O) groups excluding carboxylic acids is 1. The van der Waals surface area contributed by atoms with Crippen LogP contribution in [-0.2, 0) is 14.6 Å². The third kappa shape index (κ3) is 4.73. The van der Waals surface area contributed by atoms with Gasteiger partial charge in [0.25, 0.3) is 0 Å². The van der Waals surface area contributed by atoms with Crippen molar-refractivity contribution in [3.8, 4) is 0 Å². The third-order valence-corrected chi connectivity index (χ3v) is 7.97. The van der Waals surface area contributed by atoms with E-state index < -0.39 is 9.84 Å². The van der Waals surface area contributed by atoms with Gasteiger partial charge in [-0.05, 0) is 30.3 Å². The number of piperazine rings is 1. The third-order valence-electron chi connectivity index (χ3n) is 4.79. The van der Waals surface area contributed by atoms with E-state index in [1.54, 1.807) is 30.0 Å². The first kappa shape index (κ1) is 20.2. The molecule has 152 valence electrons. The van der Waals surface area contributed by atoms with Crippen LogP contribution in [-0.4, -0.2) is 62.4 Å². The number of nitrogens with zero attached hydrogens (tertiary/aromatic N) is 3. The molecule has 1 aliphatic rings. The van der Waals surface area contributed by atoms with Crippen molar-refractivity contribution in [2.45, 2.75) is 9.79 Å². The molecule has 0 spiro atoms. The molecule has 2 heterocycles. The Morgan fingerprint density at radius 2 is 1.83 bits per heavy atom. The summed E-state index contributed by atoms with van der Waals surface area (Å²) in [7, 11) is -3.23. The average Bonchev–Trinajstić information content (AvgIpc) is 3.16. The van der Waals surface area contributed by atoms with Crippen LogP contribution in [0.2, 0.25) is 0 Å². The van der Waals surface area contributed by atoms with Crippen LogP contribution in [0.15, 0.2) is 58.3 Å². The molecule has 6 nitrogen and oxygen atoms in total. The van der Waals surface area contributed by atoms with Gasteiger partial charge in [0, 0.05) is 37.3 Å². The highest BCUT2D eigenvalue weighted by molar-refractivity contribution is 8.00. The fraction of sp³-hybridized carbons (Fsp3) is 0.300. The Morgan fingerprint density at radius 3 is 2.52 bits per heavy atom. The zero-order chi connectivity index (χ0) is 20.4. The molecule has 29 heavy (non-hydrogen) atoms. The molecule has 0 N–H and O–H groups in total. The minimum Gasteiger partial charge on any atom is -0.345 e. The Labute approximate surface area is 178 Å². The molecule has 1 aliphatic heterocycles. The van der Waals surface area contributed by atoms with Gasteiger partial charge in [0.05, 0.1) is 20.9 Å². The lowest BCUT2D eigenvalue weighted by Crippen LogP contribution is -2.49. The Bertz CT molecular complexity index is 1120. The lowest BCUT2D eigenvalue weighted by Gasteiger charge is -2.34. The lowest BCUT2D eigenvalue weighted by atomic mass is 10.3. The lowest BCUT2D eigenvalue weighted by molar-refractivity contribution is -0.128. The number of carbonyl (C=O) groups is 1. The van der Waals surface area contributed by atoms with E-state index in [2.05, 4.69) is 9.88 Å². The Balaban J connectivity index is 1.37. The van der Waals surface area contributed by atoms with E-state index in [1.165, 1.54) is 17.6 Å². The highest BCUT2D eigenvalue weighted by Crippen LogP contribution is 2.31. The Kier molecular flexibility index (Phi) is 5.80. The molecule has 0 radical (unpaired) electrons. The summed E-state index contributed by atoms with van der Waals surface area (Å²) in [6, 6.07) is 15.0. The first-order valence-electron chi connectivity index (χ1n) is 9.21. The molecule has 0 saturated carbocycles. The van der Waals surface area contributed by atoms with Crippen LogP contribution in [0.5, 0.6) is 0 Å². The van der Waals surface area contributed by atoms with E-state index in [0.717, 1.165) is 33.3 Å². The molecule has 0 aliphatic carbocycles. The van der Waals surface area contributed by atoms with Crippen molar-refractivity contribution in [3.63, 3.8) is 0 Å². The molecule has 0 atom stereocenters. The number of aromatic nitrogens is 1. The number of anilines is 1. The zero-order valence-electron chi connectivity index (χ0n) is 15.9. The van der Waals surface area contributed by atoms with Crippen LogP contribution in [0.3, 0.4) is 0 Å². The van der Waals surface area contributed by atoms with Gasteiger partial charge in [-0.3, -0.25) is 4.79 Å². The van der Waals surface area contributed by atoms with Crippen LogP contribution < -0.4 is 4.90 Å². The molecular weight excluding hydrogens is 426 g/mol. The molecule has 1 saturated heterocycles. The first-order chi connectivity index (χ1) is 13.9.